The van der Waals surface area contributed by atoms with Crippen LogP contribution in [-0.4, -0.2) is 11.9 Å². The van der Waals surface area contributed by atoms with Crippen LogP contribution in [0, 0.1) is 0 Å². The predicted molar refractivity (Wildman–Crippen MR) is 96.5 cm³/mol. The number of nitrogens with zero attached hydrogens (tertiary/aromatic N) is 1. The maximum Gasteiger partial charge on any atom is 0.224 e. The van der Waals surface area contributed by atoms with E-state index < -0.39 is 0 Å². The maximum absolute atomic E-state index is 12.0. The molecule has 0 aromatic heterocycles. The number of nitrogens with one attached hydrogen (secondary N) is 1. The number of fused-ring (bicyclic) bond motifs is 1. The molecule has 1 aliphatic rings. The standard InChI is InChI=1S/C18H18Cl2N2O/c1-11-9-17(21-15-6-3-13(19)4-7-15)16-10-14(20)5-8-18(16)22(11)12(2)23/h3-8,10-11,17,21H,9H2,1-2H3. The van der Waals surface area contributed by atoms with Crippen LogP contribution in [0.2, 0.25) is 10.0 Å². The summed E-state index contributed by atoms with van der Waals surface area (Å²) in [7, 11) is 0. The highest BCUT2D eigenvalue weighted by Crippen LogP contribution is 2.40. The summed E-state index contributed by atoms with van der Waals surface area (Å²) >= 11 is 12.1. The number of amides is 1. The predicted octanol–water partition coefficient (Wildman–Crippen LogP) is 5.29. The zero-order valence-electron chi connectivity index (χ0n) is 13.0. The Morgan fingerprint density at radius 1 is 1.13 bits per heavy atom. The summed E-state index contributed by atoms with van der Waals surface area (Å²) in [6, 6.07) is 13.5. The minimum absolute atomic E-state index is 0.0472. The first-order chi connectivity index (χ1) is 11.0. The molecular weight excluding hydrogens is 331 g/mol. The van der Waals surface area contributed by atoms with E-state index in [-0.39, 0.29) is 18.0 Å². The Balaban J connectivity index is 1.98. The van der Waals surface area contributed by atoms with E-state index in [1.807, 2.05) is 47.4 Å². The van der Waals surface area contributed by atoms with Gasteiger partial charge in [-0.1, -0.05) is 23.2 Å². The van der Waals surface area contributed by atoms with Gasteiger partial charge in [-0.25, -0.2) is 0 Å². The molecule has 2 unspecified atom stereocenters. The third kappa shape index (κ3) is 3.31. The van der Waals surface area contributed by atoms with Crippen LogP contribution >= 0.6 is 23.2 Å². The van der Waals surface area contributed by atoms with Crippen LogP contribution in [0.15, 0.2) is 42.5 Å². The van der Waals surface area contributed by atoms with Gasteiger partial charge in [0.1, 0.15) is 0 Å². The molecule has 5 heteroatoms. The van der Waals surface area contributed by atoms with Crippen LogP contribution < -0.4 is 10.2 Å². The number of carbonyl (C=O) groups is 1. The zero-order chi connectivity index (χ0) is 16.6. The summed E-state index contributed by atoms with van der Waals surface area (Å²) in [5, 5.41) is 4.90. The van der Waals surface area contributed by atoms with Crippen molar-refractivity contribution in [3.8, 4) is 0 Å². The molecule has 0 aliphatic carbocycles. The quantitative estimate of drug-likeness (QED) is 0.799. The molecule has 2 aromatic carbocycles. The van der Waals surface area contributed by atoms with Gasteiger partial charge in [0.05, 0.1) is 6.04 Å². The van der Waals surface area contributed by atoms with E-state index in [9.17, 15) is 4.79 Å². The number of hydrogen-bond acceptors (Lipinski definition) is 2. The molecule has 2 aromatic rings. The number of rotatable bonds is 2. The second kappa shape index (κ2) is 6.42. The van der Waals surface area contributed by atoms with Crippen molar-refractivity contribution in [3.63, 3.8) is 0 Å². The Morgan fingerprint density at radius 2 is 1.78 bits per heavy atom. The van der Waals surface area contributed by atoms with Gasteiger partial charge >= 0.3 is 0 Å². The first-order valence-electron chi connectivity index (χ1n) is 7.57. The van der Waals surface area contributed by atoms with Gasteiger partial charge in [-0.2, -0.15) is 0 Å². The average molecular weight is 349 g/mol. The second-order valence-electron chi connectivity index (χ2n) is 5.88. The summed E-state index contributed by atoms with van der Waals surface area (Å²) in [4.78, 5) is 13.9. The Kier molecular flexibility index (Phi) is 4.51. The van der Waals surface area contributed by atoms with Crippen molar-refractivity contribution in [1.29, 1.82) is 0 Å². The monoisotopic (exact) mass is 348 g/mol. The lowest BCUT2D eigenvalue weighted by molar-refractivity contribution is -0.117. The third-order valence-corrected chi connectivity index (χ3v) is 4.65. The van der Waals surface area contributed by atoms with Gasteiger partial charge in [0.15, 0.2) is 0 Å². The molecule has 120 valence electrons. The zero-order valence-corrected chi connectivity index (χ0v) is 14.5. The van der Waals surface area contributed by atoms with E-state index in [1.165, 1.54) is 0 Å². The first kappa shape index (κ1) is 16.2. The van der Waals surface area contributed by atoms with Crippen molar-refractivity contribution in [2.45, 2.75) is 32.4 Å². The lowest BCUT2D eigenvalue weighted by atomic mass is 9.91. The molecule has 0 spiro atoms. The van der Waals surface area contributed by atoms with Crippen LogP contribution in [0.25, 0.3) is 0 Å². The van der Waals surface area contributed by atoms with E-state index >= 15 is 0 Å². The molecule has 0 radical (unpaired) electrons. The number of carbonyl (C=O) groups excluding carboxylic acids is 1. The lowest BCUT2D eigenvalue weighted by Crippen LogP contribution is -2.43. The Hall–Kier alpha value is -1.71. The van der Waals surface area contributed by atoms with Crippen LogP contribution in [0.1, 0.15) is 31.9 Å². The number of halogens is 2. The van der Waals surface area contributed by atoms with Crippen molar-refractivity contribution >= 4 is 40.5 Å². The topological polar surface area (TPSA) is 32.3 Å². The Labute approximate surface area is 146 Å². The van der Waals surface area contributed by atoms with E-state index in [0.717, 1.165) is 23.4 Å². The van der Waals surface area contributed by atoms with Crippen LogP contribution in [0.5, 0.6) is 0 Å². The molecule has 1 heterocycles. The highest BCUT2D eigenvalue weighted by molar-refractivity contribution is 6.31. The smallest absolute Gasteiger partial charge is 0.224 e. The highest BCUT2D eigenvalue weighted by atomic mass is 35.5. The SMILES string of the molecule is CC(=O)N1c2ccc(Cl)cc2C(Nc2ccc(Cl)cc2)CC1C. The molecule has 23 heavy (non-hydrogen) atoms. The fourth-order valence-electron chi connectivity index (χ4n) is 3.20. The van der Waals surface area contributed by atoms with Crippen molar-refractivity contribution in [2.75, 3.05) is 10.2 Å². The summed E-state index contributed by atoms with van der Waals surface area (Å²) < 4.78 is 0. The summed E-state index contributed by atoms with van der Waals surface area (Å²) in [5.74, 6) is 0.0472. The summed E-state index contributed by atoms with van der Waals surface area (Å²) in [5.41, 5.74) is 2.96. The van der Waals surface area contributed by atoms with E-state index in [0.29, 0.717) is 10.0 Å². The molecular formula is C18H18Cl2N2O. The largest absolute Gasteiger partial charge is 0.378 e. The lowest BCUT2D eigenvalue weighted by Gasteiger charge is -2.39. The van der Waals surface area contributed by atoms with Crippen molar-refractivity contribution in [1.82, 2.24) is 0 Å². The molecule has 1 amide bonds. The van der Waals surface area contributed by atoms with Gasteiger partial charge in [0.25, 0.3) is 0 Å². The normalized spacial score (nSPS) is 20.1. The molecule has 0 fully saturated rings. The molecule has 0 saturated heterocycles. The van der Waals surface area contributed by atoms with E-state index in [2.05, 4.69) is 12.2 Å². The fraction of sp³-hybridized carbons (Fsp3) is 0.278. The maximum atomic E-state index is 12.0. The van der Waals surface area contributed by atoms with Crippen molar-refractivity contribution < 1.29 is 4.79 Å². The fourth-order valence-corrected chi connectivity index (χ4v) is 3.51. The average Bonchev–Trinajstić information content (AvgIpc) is 2.49. The molecule has 3 rings (SSSR count). The van der Waals surface area contributed by atoms with E-state index in [4.69, 9.17) is 23.2 Å². The molecule has 2 atom stereocenters. The second-order valence-corrected chi connectivity index (χ2v) is 6.75. The molecule has 1 N–H and O–H groups in total. The summed E-state index contributed by atoms with van der Waals surface area (Å²) in [6.45, 7) is 3.66. The van der Waals surface area contributed by atoms with Gasteiger partial charge in [-0.05, 0) is 61.4 Å². The highest BCUT2D eigenvalue weighted by Gasteiger charge is 2.32. The molecule has 1 aliphatic heterocycles. The van der Waals surface area contributed by atoms with Crippen LogP contribution in [0.3, 0.4) is 0 Å². The van der Waals surface area contributed by atoms with Crippen molar-refractivity contribution in [2.24, 2.45) is 0 Å². The Morgan fingerprint density at radius 3 is 2.43 bits per heavy atom. The van der Waals surface area contributed by atoms with Gasteiger partial charge in [0, 0.05) is 34.4 Å². The first-order valence-corrected chi connectivity index (χ1v) is 8.32. The van der Waals surface area contributed by atoms with Gasteiger partial charge < -0.3 is 10.2 Å². The minimum Gasteiger partial charge on any atom is -0.378 e. The summed E-state index contributed by atoms with van der Waals surface area (Å²) in [6.07, 6.45) is 0.815. The molecule has 0 saturated carbocycles. The van der Waals surface area contributed by atoms with E-state index in [1.54, 1.807) is 6.92 Å². The Bertz CT molecular complexity index is 730. The van der Waals surface area contributed by atoms with Crippen LogP contribution in [0.4, 0.5) is 11.4 Å². The van der Waals surface area contributed by atoms with Gasteiger partial charge in [0.2, 0.25) is 5.91 Å². The van der Waals surface area contributed by atoms with Gasteiger partial charge in [-0.3, -0.25) is 4.79 Å². The van der Waals surface area contributed by atoms with Crippen molar-refractivity contribution in [3.05, 3.63) is 58.1 Å². The molecule has 0 bridgehead atoms. The third-order valence-electron chi connectivity index (χ3n) is 4.17. The van der Waals surface area contributed by atoms with Crippen LogP contribution in [-0.2, 0) is 4.79 Å². The number of hydrogen-bond donors (Lipinski definition) is 1. The van der Waals surface area contributed by atoms with Gasteiger partial charge in [-0.15, -0.1) is 0 Å². The minimum atomic E-state index is 0.0472. The number of benzene rings is 2. The number of anilines is 2. The molecule has 3 nitrogen and oxygen atoms in total.